The molecule has 1 aliphatic heterocycles. The highest BCUT2D eigenvalue weighted by Gasteiger charge is 2.36. The van der Waals surface area contributed by atoms with Gasteiger partial charge >= 0.3 is 5.97 Å². The molecule has 0 radical (unpaired) electrons. The van der Waals surface area contributed by atoms with Gasteiger partial charge in [0.1, 0.15) is 5.54 Å². The van der Waals surface area contributed by atoms with Crippen LogP contribution in [0.15, 0.2) is 0 Å². The standard InChI is InChI=1S/C16H31NO4/c1-6-8-17-16(5,15(18)19-7-2)11-20-14-9-12(3)21-13(4)10-14/h12-14,17H,6-11H2,1-5H3. The van der Waals surface area contributed by atoms with E-state index < -0.39 is 5.54 Å². The van der Waals surface area contributed by atoms with Crippen LogP contribution < -0.4 is 5.32 Å². The first-order chi connectivity index (χ1) is 9.91. The number of hydrogen-bond acceptors (Lipinski definition) is 5. The zero-order valence-electron chi connectivity index (χ0n) is 14.1. The summed E-state index contributed by atoms with van der Waals surface area (Å²) >= 11 is 0. The molecule has 5 nitrogen and oxygen atoms in total. The molecule has 21 heavy (non-hydrogen) atoms. The summed E-state index contributed by atoms with van der Waals surface area (Å²) in [5.41, 5.74) is -0.781. The Kier molecular flexibility index (Phi) is 7.63. The van der Waals surface area contributed by atoms with Gasteiger partial charge in [-0.3, -0.25) is 0 Å². The first-order valence-corrected chi connectivity index (χ1v) is 8.10. The molecule has 1 N–H and O–H groups in total. The molecule has 5 heteroatoms. The predicted octanol–water partition coefficient (Wildman–Crippen LogP) is 2.28. The van der Waals surface area contributed by atoms with Gasteiger partial charge in [-0.15, -0.1) is 0 Å². The lowest BCUT2D eigenvalue weighted by Gasteiger charge is -2.35. The van der Waals surface area contributed by atoms with Gasteiger partial charge in [0.25, 0.3) is 0 Å². The van der Waals surface area contributed by atoms with Crippen LogP contribution in [0, 0.1) is 0 Å². The van der Waals surface area contributed by atoms with Gasteiger partial charge in [0.05, 0.1) is 31.5 Å². The normalized spacial score (nSPS) is 28.9. The van der Waals surface area contributed by atoms with Gasteiger partial charge in [-0.1, -0.05) is 6.92 Å². The highest BCUT2D eigenvalue weighted by molar-refractivity contribution is 5.80. The molecular weight excluding hydrogens is 270 g/mol. The topological polar surface area (TPSA) is 56.8 Å². The quantitative estimate of drug-likeness (QED) is 0.697. The molecule has 1 heterocycles. The summed E-state index contributed by atoms with van der Waals surface area (Å²) in [6, 6.07) is 0. The molecule has 0 saturated carbocycles. The number of carbonyl (C=O) groups is 1. The maximum atomic E-state index is 12.2. The minimum atomic E-state index is -0.781. The highest BCUT2D eigenvalue weighted by atomic mass is 16.5. The van der Waals surface area contributed by atoms with Crippen LogP contribution in [0.25, 0.3) is 0 Å². The Labute approximate surface area is 128 Å². The van der Waals surface area contributed by atoms with Crippen molar-refractivity contribution in [1.29, 1.82) is 0 Å². The number of esters is 1. The zero-order valence-corrected chi connectivity index (χ0v) is 14.1. The molecule has 124 valence electrons. The van der Waals surface area contributed by atoms with E-state index in [4.69, 9.17) is 14.2 Å². The van der Waals surface area contributed by atoms with Crippen molar-refractivity contribution in [3.05, 3.63) is 0 Å². The molecule has 0 aliphatic carbocycles. The Morgan fingerprint density at radius 1 is 1.29 bits per heavy atom. The number of ether oxygens (including phenoxy) is 3. The molecule has 1 rings (SSSR count). The van der Waals surface area contributed by atoms with Gasteiger partial charge in [0.15, 0.2) is 0 Å². The van der Waals surface area contributed by atoms with E-state index in [0.717, 1.165) is 25.8 Å². The van der Waals surface area contributed by atoms with E-state index >= 15 is 0 Å². The molecule has 3 atom stereocenters. The van der Waals surface area contributed by atoms with E-state index in [9.17, 15) is 4.79 Å². The Balaban J connectivity index is 2.57. The number of carbonyl (C=O) groups excluding carboxylic acids is 1. The van der Waals surface area contributed by atoms with Crippen LogP contribution in [0.4, 0.5) is 0 Å². The van der Waals surface area contributed by atoms with E-state index in [2.05, 4.69) is 26.1 Å². The predicted molar refractivity (Wildman–Crippen MR) is 82.3 cm³/mol. The Morgan fingerprint density at radius 2 is 1.90 bits per heavy atom. The van der Waals surface area contributed by atoms with Crippen LogP contribution in [0.5, 0.6) is 0 Å². The summed E-state index contributed by atoms with van der Waals surface area (Å²) in [6.45, 7) is 11.3. The lowest BCUT2D eigenvalue weighted by molar-refractivity contribution is -0.157. The second-order valence-electron chi connectivity index (χ2n) is 6.14. The SMILES string of the molecule is CCCNC(C)(COC1CC(C)OC(C)C1)C(=O)OCC. The molecule has 0 amide bonds. The van der Waals surface area contributed by atoms with Crippen LogP contribution in [-0.4, -0.2) is 49.6 Å². The summed E-state index contributed by atoms with van der Waals surface area (Å²) in [5.74, 6) is -0.244. The molecular formula is C16H31NO4. The maximum absolute atomic E-state index is 12.2. The highest BCUT2D eigenvalue weighted by Crippen LogP contribution is 2.23. The van der Waals surface area contributed by atoms with Gasteiger partial charge < -0.3 is 19.5 Å². The molecule has 1 saturated heterocycles. The molecule has 1 fully saturated rings. The minimum absolute atomic E-state index is 0.140. The molecule has 0 spiro atoms. The minimum Gasteiger partial charge on any atom is -0.465 e. The summed E-state index contributed by atoms with van der Waals surface area (Å²) in [7, 11) is 0. The van der Waals surface area contributed by atoms with Crippen LogP contribution in [0.3, 0.4) is 0 Å². The fraction of sp³-hybridized carbons (Fsp3) is 0.938. The summed E-state index contributed by atoms with van der Waals surface area (Å²) in [6.07, 6.45) is 3.25. The Bertz CT molecular complexity index is 313. The second kappa shape index (κ2) is 8.71. The number of rotatable bonds is 8. The third-order valence-electron chi connectivity index (χ3n) is 3.75. The van der Waals surface area contributed by atoms with Crippen molar-refractivity contribution in [3.8, 4) is 0 Å². The van der Waals surface area contributed by atoms with E-state index in [0.29, 0.717) is 13.2 Å². The number of nitrogens with one attached hydrogen (secondary N) is 1. The average molecular weight is 301 g/mol. The average Bonchev–Trinajstić information content (AvgIpc) is 2.42. The van der Waals surface area contributed by atoms with Crippen molar-refractivity contribution in [1.82, 2.24) is 5.32 Å². The van der Waals surface area contributed by atoms with Gasteiger partial charge in [0.2, 0.25) is 0 Å². The van der Waals surface area contributed by atoms with Gasteiger partial charge in [-0.2, -0.15) is 0 Å². The number of hydrogen-bond donors (Lipinski definition) is 1. The largest absolute Gasteiger partial charge is 0.465 e. The van der Waals surface area contributed by atoms with Crippen LogP contribution in [-0.2, 0) is 19.0 Å². The van der Waals surface area contributed by atoms with Crippen LogP contribution in [0.2, 0.25) is 0 Å². The van der Waals surface area contributed by atoms with E-state index in [1.54, 1.807) is 0 Å². The fourth-order valence-corrected chi connectivity index (χ4v) is 2.64. The van der Waals surface area contributed by atoms with E-state index in [-0.39, 0.29) is 24.3 Å². The first kappa shape index (κ1) is 18.4. The van der Waals surface area contributed by atoms with E-state index in [1.165, 1.54) is 0 Å². The monoisotopic (exact) mass is 301 g/mol. The maximum Gasteiger partial charge on any atom is 0.328 e. The van der Waals surface area contributed by atoms with Crippen LogP contribution >= 0.6 is 0 Å². The molecule has 0 bridgehead atoms. The van der Waals surface area contributed by atoms with Crippen molar-refractivity contribution in [2.75, 3.05) is 19.8 Å². The smallest absolute Gasteiger partial charge is 0.328 e. The molecule has 0 aromatic heterocycles. The van der Waals surface area contributed by atoms with Gasteiger partial charge in [0, 0.05) is 0 Å². The third kappa shape index (κ3) is 5.93. The van der Waals surface area contributed by atoms with Gasteiger partial charge in [-0.05, 0) is 53.5 Å². The van der Waals surface area contributed by atoms with Crippen molar-refractivity contribution in [2.45, 2.75) is 77.7 Å². The molecule has 1 aliphatic rings. The zero-order chi connectivity index (χ0) is 15.9. The van der Waals surface area contributed by atoms with Crippen LogP contribution in [0.1, 0.15) is 53.9 Å². The Hall–Kier alpha value is -0.650. The summed E-state index contributed by atoms with van der Waals surface area (Å²) < 4.78 is 16.9. The Morgan fingerprint density at radius 3 is 2.43 bits per heavy atom. The van der Waals surface area contributed by atoms with E-state index in [1.807, 2.05) is 13.8 Å². The fourth-order valence-electron chi connectivity index (χ4n) is 2.64. The molecule has 3 unspecified atom stereocenters. The first-order valence-electron chi connectivity index (χ1n) is 8.10. The summed E-state index contributed by atoms with van der Waals surface area (Å²) in [4.78, 5) is 12.2. The van der Waals surface area contributed by atoms with Gasteiger partial charge in [-0.25, -0.2) is 4.79 Å². The third-order valence-corrected chi connectivity index (χ3v) is 3.75. The molecule has 0 aromatic carbocycles. The van der Waals surface area contributed by atoms with Crippen molar-refractivity contribution < 1.29 is 19.0 Å². The van der Waals surface area contributed by atoms with Crippen molar-refractivity contribution in [3.63, 3.8) is 0 Å². The lowest BCUT2D eigenvalue weighted by atomic mass is 10.0. The second-order valence-corrected chi connectivity index (χ2v) is 6.14. The van der Waals surface area contributed by atoms with Crippen molar-refractivity contribution >= 4 is 5.97 Å². The lowest BCUT2D eigenvalue weighted by Crippen LogP contribution is -2.55. The molecule has 0 aromatic rings. The van der Waals surface area contributed by atoms with Crippen molar-refractivity contribution in [2.24, 2.45) is 0 Å². The summed E-state index contributed by atoms with van der Waals surface area (Å²) in [5, 5.41) is 3.26.